The van der Waals surface area contributed by atoms with E-state index in [1.807, 2.05) is 12.1 Å². The molecule has 10 aromatic carbocycles. The van der Waals surface area contributed by atoms with Gasteiger partial charge in [-0.1, -0.05) is 111 Å². The van der Waals surface area contributed by atoms with Crippen LogP contribution in [0, 0.1) is 0 Å². The van der Waals surface area contributed by atoms with Gasteiger partial charge in [0, 0.05) is 70.7 Å². The number of rotatable bonds is 2. The molecular weight excluding hydrogens is 769 g/mol. The third kappa shape index (κ3) is 4.30. The van der Waals surface area contributed by atoms with Crippen LogP contribution in [-0.4, -0.2) is 9.13 Å². The monoisotopic (exact) mass is 804 g/mol. The fourth-order valence-corrected chi connectivity index (χ4v) is 11.5. The molecule has 0 amide bonds. The molecule has 0 radical (unpaired) electrons. The zero-order chi connectivity index (χ0) is 41.3. The number of aromatic nitrogens is 2. The number of fused-ring (bicyclic) bond motifs is 19. The highest BCUT2D eigenvalue weighted by molar-refractivity contribution is 6.22. The normalized spacial score (nSPS) is 13.7. The smallest absolute Gasteiger partial charge is 0.143 e. The zero-order valence-corrected chi connectivity index (χ0v) is 34.5. The van der Waals surface area contributed by atoms with Crippen molar-refractivity contribution in [1.29, 1.82) is 0 Å². The summed E-state index contributed by atoms with van der Waals surface area (Å²) >= 11 is 0. The Hall–Kier alpha value is -8.08. The van der Waals surface area contributed by atoms with Crippen LogP contribution in [0.4, 0.5) is 0 Å². The molecule has 0 fully saturated rings. The van der Waals surface area contributed by atoms with E-state index in [2.05, 4.69) is 193 Å². The number of para-hydroxylation sites is 4. The first-order valence-electron chi connectivity index (χ1n) is 21.8. The molecule has 0 saturated heterocycles. The van der Waals surface area contributed by atoms with E-state index >= 15 is 0 Å². The van der Waals surface area contributed by atoms with Gasteiger partial charge in [0.2, 0.25) is 0 Å². The molecule has 4 heterocycles. The van der Waals surface area contributed by atoms with E-state index in [-0.39, 0.29) is 5.41 Å². The van der Waals surface area contributed by atoms with E-state index in [0.29, 0.717) is 0 Å². The Morgan fingerprint density at radius 1 is 0.333 bits per heavy atom. The molecule has 0 spiro atoms. The van der Waals surface area contributed by atoms with Crippen molar-refractivity contribution in [2.75, 3.05) is 0 Å². The van der Waals surface area contributed by atoms with Crippen LogP contribution in [0.5, 0.6) is 0 Å². The molecule has 0 unspecified atom stereocenters. The third-order valence-corrected chi connectivity index (χ3v) is 14.5. The average molecular weight is 805 g/mol. The highest BCUT2D eigenvalue weighted by Crippen LogP contribution is 2.51. The van der Waals surface area contributed by atoms with Gasteiger partial charge >= 0.3 is 0 Å². The van der Waals surface area contributed by atoms with Gasteiger partial charge in [-0.05, 0) is 118 Å². The number of nitrogens with zero attached hydrogens (tertiary/aromatic N) is 2. The summed E-state index contributed by atoms with van der Waals surface area (Å²) in [6.45, 7) is 4.78. The lowest BCUT2D eigenvalue weighted by Crippen LogP contribution is -2.16. The lowest BCUT2D eigenvalue weighted by Gasteiger charge is -2.23. The second-order valence-electron chi connectivity index (χ2n) is 18.1. The van der Waals surface area contributed by atoms with Crippen molar-refractivity contribution in [1.82, 2.24) is 9.13 Å². The van der Waals surface area contributed by atoms with Crippen LogP contribution >= 0.6 is 0 Å². The maximum absolute atomic E-state index is 6.57. The number of hydrogen-bond acceptors (Lipinski definition) is 2. The molecule has 1 aliphatic carbocycles. The van der Waals surface area contributed by atoms with E-state index in [4.69, 9.17) is 8.83 Å². The maximum Gasteiger partial charge on any atom is 0.143 e. The second kappa shape index (κ2) is 11.6. The Bertz CT molecular complexity index is 4080. The van der Waals surface area contributed by atoms with Crippen molar-refractivity contribution in [3.63, 3.8) is 0 Å². The molecule has 15 rings (SSSR count). The van der Waals surface area contributed by atoms with Crippen LogP contribution in [-0.2, 0) is 5.41 Å². The van der Waals surface area contributed by atoms with Gasteiger partial charge in [0.15, 0.2) is 0 Å². The topological polar surface area (TPSA) is 36.1 Å². The van der Waals surface area contributed by atoms with Crippen LogP contribution in [0.3, 0.4) is 0 Å². The molecule has 0 N–H and O–H groups in total. The Kier molecular flexibility index (Phi) is 6.21. The van der Waals surface area contributed by atoms with Gasteiger partial charge in [-0.3, -0.25) is 0 Å². The Labute approximate surface area is 360 Å². The summed E-state index contributed by atoms with van der Waals surface area (Å²) < 4.78 is 18.1. The zero-order valence-electron chi connectivity index (χ0n) is 34.5. The van der Waals surface area contributed by atoms with Gasteiger partial charge in [-0.25, -0.2) is 0 Å². The van der Waals surface area contributed by atoms with Crippen LogP contribution in [0.15, 0.2) is 191 Å². The molecule has 63 heavy (non-hydrogen) atoms. The molecule has 14 aromatic rings. The summed E-state index contributed by atoms with van der Waals surface area (Å²) in [6, 6.07) is 66.8. The predicted octanol–water partition coefficient (Wildman–Crippen LogP) is 16.3. The highest BCUT2D eigenvalue weighted by Gasteiger charge is 2.36. The first kappa shape index (κ1) is 33.6. The first-order valence-corrected chi connectivity index (χ1v) is 21.8. The largest absolute Gasteiger partial charge is 0.455 e. The van der Waals surface area contributed by atoms with Crippen molar-refractivity contribution in [3.05, 3.63) is 193 Å². The van der Waals surface area contributed by atoms with Gasteiger partial charge in [0.25, 0.3) is 0 Å². The molecule has 4 heteroatoms. The predicted molar refractivity (Wildman–Crippen MR) is 262 cm³/mol. The molecule has 0 saturated carbocycles. The van der Waals surface area contributed by atoms with Crippen molar-refractivity contribution in [3.8, 4) is 22.5 Å². The molecule has 4 nitrogen and oxygen atoms in total. The van der Waals surface area contributed by atoms with Crippen molar-refractivity contribution in [2.24, 2.45) is 0 Å². The number of furan rings is 2. The van der Waals surface area contributed by atoms with Gasteiger partial charge < -0.3 is 18.0 Å². The maximum atomic E-state index is 6.57. The minimum atomic E-state index is -0.255. The highest BCUT2D eigenvalue weighted by atomic mass is 16.3. The summed E-state index contributed by atoms with van der Waals surface area (Å²) in [5, 5.41) is 14.2. The molecule has 1 aliphatic rings. The second-order valence-corrected chi connectivity index (χ2v) is 18.1. The Balaban J connectivity index is 0.916. The summed E-state index contributed by atoms with van der Waals surface area (Å²) in [5.74, 6) is 0. The van der Waals surface area contributed by atoms with Crippen LogP contribution in [0.2, 0.25) is 0 Å². The van der Waals surface area contributed by atoms with Crippen LogP contribution < -0.4 is 0 Å². The average Bonchev–Trinajstić information content (AvgIpc) is 4.11. The first-order chi connectivity index (χ1) is 31.0. The third-order valence-electron chi connectivity index (χ3n) is 14.5. The van der Waals surface area contributed by atoms with E-state index in [9.17, 15) is 0 Å². The van der Waals surface area contributed by atoms with Crippen LogP contribution in [0.1, 0.15) is 25.0 Å². The van der Waals surface area contributed by atoms with Gasteiger partial charge in [0.05, 0.1) is 22.1 Å². The number of benzene rings is 10. The minimum Gasteiger partial charge on any atom is -0.455 e. The molecule has 0 atom stereocenters. The molecule has 4 aromatic heterocycles. The Morgan fingerprint density at radius 2 is 0.762 bits per heavy atom. The standard InChI is InChI=1S/C59H36N2O2/c1-59(2)49-29-35(60-51-15-7-3-11-39(51)47-27-33-19-23-43-41-13-5-9-17-55(41)62-57(43)45(33)31-53(47)60)21-25-37(49)38-26-22-36(30-50(38)59)61-52-16-8-4-12-40(52)48-28-34-20-24-44-42-14-6-10-18-56(42)63-58(44)46(34)32-54(48)61/h3-32H,1-2H3. The van der Waals surface area contributed by atoms with E-state index in [1.165, 1.54) is 76.6 Å². The van der Waals surface area contributed by atoms with Gasteiger partial charge in [-0.15, -0.1) is 0 Å². The number of hydrogen-bond donors (Lipinski definition) is 0. The van der Waals surface area contributed by atoms with Crippen molar-refractivity contribution in [2.45, 2.75) is 19.3 Å². The van der Waals surface area contributed by atoms with E-state index < -0.39 is 0 Å². The summed E-state index contributed by atoms with van der Waals surface area (Å²) in [7, 11) is 0. The fraction of sp³-hybridized carbons (Fsp3) is 0.0508. The lowest BCUT2D eigenvalue weighted by atomic mass is 9.82. The molecule has 0 aliphatic heterocycles. The van der Waals surface area contributed by atoms with Gasteiger partial charge in [-0.2, -0.15) is 0 Å². The lowest BCUT2D eigenvalue weighted by molar-refractivity contribution is 0.659. The van der Waals surface area contributed by atoms with E-state index in [0.717, 1.165) is 66.0 Å². The Morgan fingerprint density at radius 3 is 1.24 bits per heavy atom. The summed E-state index contributed by atoms with van der Waals surface area (Å²) in [5.41, 5.74) is 15.7. The van der Waals surface area contributed by atoms with Crippen molar-refractivity contribution >= 4 is 109 Å². The SMILES string of the molecule is CC1(C)c2cc(-n3c4ccccc4c4cc5ccc6c7ccccc7oc6c5cc43)ccc2-c2ccc(-n3c4ccccc4c4cc5ccc6c7ccccc7oc6c5cc43)cc21. The van der Waals surface area contributed by atoms with Crippen LogP contribution in [0.25, 0.3) is 132 Å². The van der Waals surface area contributed by atoms with E-state index in [1.54, 1.807) is 0 Å². The summed E-state index contributed by atoms with van der Waals surface area (Å²) in [6.07, 6.45) is 0. The summed E-state index contributed by atoms with van der Waals surface area (Å²) in [4.78, 5) is 0. The minimum absolute atomic E-state index is 0.255. The molecule has 294 valence electrons. The molecular formula is C59H36N2O2. The fourth-order valence-electron chi connectivity index (χ4n) is 11.5. The van der Waals surface area contributed by atoms with Crippen molar-refractivity contribution < 1.29 is 8.83 Å². The molecule has 0 bridgehead atoms. The quantitative estimate of drug-likeness (QED) is 0.174. The van der Waals surface area contributed by atoms with Gasteiger partial charge in [0.1, 0.15) is 22.3 Å².